The number of hydrogen-bond acceptors (Lipinski definition) is 3. The van der Waals surface area contributed by atoms with Gasteiger partial charge in [0.1, 0.15) is 0 Å². The number of aliphatic imine (C=N–C) groups is 1. The summed E-state index contributed by atoms with van der Waals surface area (Å²) in [5, 5.41) is 3.52. The van der Waals surface area contributed by atoms with Crippen molar-refractivity contribution in [2.24, 2.45) is 16.8 Å². The predicted molar refractivity (Wildman–Crippen MR) is 144 cm³/mol. The second-order valence-corrected chi connectivity index (χ2v) is 10.2. The number of carbonyl (C=O) groups is 1. The van der Waals surface area contributed by atoms with E-state index in [1.54, 1.807) is 0 Å². The van der Waals surface area contributed by atoms with E-state index in [1.807, 2.05) is 4.90 Å². The van der Waals surface area contributed by atoms with Crippen molar-refractivity contribution in [1.82, 2.24) is 20.0 Å². The van der Waals surface area contributed by atoms with Crippen LogP contribution in [0.4, 0.5) is 0 Å². The Kier molecular flexibility index (Phi) is 8.54. The second kappa shape index (κ2) is 11.4. The lowest BCUT2D eigenvalue weighted by Gasteiger charge is -2.42. The molecule has 2 saturated heterocycles. The normalized spacial score (nSPS) is 27.8. The van der Waals surface area contributed by atoms with E-state index in [1.165, 1.54) is 36.8 Å². The number of likely N-dealkylation sites (tertiary alicyclic amines) is 1. The van der Waals surface area contributed by atoms with Crippen LogP contribution in [0.15, 0.2) is 29.3 Å². The third-order valence-corrected chi connectivity index (χ3v) is 8.07. The van der Waals surface area contributed by atoms with E-state index in [0.29, 0.717) is 13.0 Å². The molecule has 4 aliphatic rings. The molecule has 2 saturated carbocycles. The maximum atomic E-state index is 12.0. The number of fused-ring (bicyclic) bond motifs is 2. The van der Waals surface area contributed by atoms with Gasteiger partial charge < -0.3 is 15.1 Å². The van der Waals surface area contributed by atoms with Crippen molar-refractivity contribution in [1.29, 1.82) is 0 Å². The summed E-state index contributed by atoms with van der Waals surface area (Å²) in [6.07, 6.45) is 7.56. The highest BCUT2D eigenvalue weighted by molar-refractivity contribution is 14.0. The van der Waals surface area contributed by atoms with Crippen LogP contribution in [0.2, 0.25) is 0 Å². The van der Waals surface area contributed by atoms with Crippen LogP contribution in [-0.2, 0) is 17.9 Å². The first-order chi connectivity index (χ1) is 15.7. The minimum Gasteiger partial charge on any atom is -0.357 e. The van der Waals surface area contributed by atoms with Gasteiger partial charge in [-0.25, -0.2) is 4.99 Å². The Morgan fingerprint density at radius 1 is 1.09 bits per heavy atom. The van der Waals surface area contributed by atoms with E-state index in [9.17, 15) is 4.79 Å². The van der Waals surface area contributed by atoms with Gasteiger partial charge in [-0.05, 0) is 55.6 Å². The number of nitrogens with one attached hydrogen (secondary N) is 1. The number of nitrogens with zero attached hydrogens (tertiary/aromatic N) is 4. The number of piperazine rings is 1. The van der Waals surface area contributed by atoms with Crippen LogP contribution in [-0.4, -0.2) is 71.9 Å². The highest BCUT2D eigenvalue weighted by Gasteiger charge is 2.42. The number of halogens is 1. The maximum absolute atomic E-state index is 12.0. The van der Waals surface area contributed by atoms with Gasteiger partial charge in [-0.15, -0.1) is 24.0 Å². The SMILES string of the molecule is CCNC(=NCc1cccc(CN2CCCC2=O)c1)N1CCN(C2CC3CCC2C3)CC1.I. The molecule has 2 heterocycles. The molecule has 5 rings (SSSR count). The average Bonchev–Trinajstić information content (AvgIpc) is 3.55. The van der Waals surface area contributed by atoms with Crippen molar-refractivity contribution >= 4 is 35.8 Å². The van der Waals surface area contributed by atoms with E-state index in [2.05, 4.69) is 46.3 Å². The summed E-state index contributed by atoms with van der Waals surface area (Å²) in [5.41, 5.74) is 2.42. The van der Waals surface area contributed by atoms with Crippen molar-refractivity contribution in [3.8, 4) is 0 Å². The first-order valence-corrected chi connectivity index (χ1v) is 12.8. The highest BCUT2D eigenvalue weighted by Crippen LogP contribution is 2.46. The highest BCUT2D eigenvalue weighted by atomic mass is 127. The van der Waals surface area contributed by atoms with Crippen LogP contribution < -0.4 is 5.32 Å². The van der Waals surface area contributed by atoms with Crippen LogP contribution in [0.5, 0.6) is 0 Å². The summed E-state index contributed by atoms with van der Waals surface area (Å²) in [4.78, 5) is 24.1. The lowest BCUT2D eigenvalue weighted by atomic mass is 9.93. The van der Waals surface area contributed by atoms with Crippen molar-refractivity contribution in [2.75, 3.05) is 39.3 Å². The first-order valence-electron chi connectivity index (χ1n) is 12.8. The minimum absolute atomic E-state index is 0. The summed E-state index contributed by atoms with van der Waals surface area (Å²) >= 11 is 0. The number of amides is 1. The molecule has 3 atom stereocenters. The van der Waals surface area contributed by atoms with E-state index >= 15 is 0 Å². The summed E-state index contributed by atoms with van der Waals surface area (Å²) in [7, 11) is 0. The van der Waals surface area contributed by atoms with Gasteiger partial charge >= 0.3 is 0 Å². The summed E-state index contributed by atoms with van der Waals surface area (Å²) in [6.45, 7) is 9.79. The van der Waals surface area contributed by atoms with Gasteiger partial charge in [0.05, 0.1) is 6.54 Å². The number of rotatable bonds is 6. The third-order valence-electron chi connectivity index (χ3n) is 8.07. The van der Waals surface area contributed by atoms with Gasteiger partial charge in [-0.1, -0.05) is 30.7 Å². The minimum atomic E-state index is 0. The maximum Gasteiger partial charge on any atom is 0.222 e. The van der Waals surface area contributed by atoms with Crippen molar-refractivity contribution in [3.63, 3.8) is 0 Å². The molecular formula is C26H40IN5O. The lowest BCUT2D eigenvalue weighted by molar-refractivity contribution is -0.128. The molecule has 4 fully saturated rings. The molecule has 6 nitrogen and oxygen atoms in total. The first kappa shape index (κ1) is 24.8. The molecule has 0 spiro atoms. The van der Waals surface area contributed by atoms with E-state index in [4.69, 9.17) is 4.99 Å². The van der Waals surface area contributed by atoms with Gasteiger partial charge in [0.25, 0.3) is 0 Å². The fraction of sp³-hybridized carbons (Fsp3) is 0.692. The largest absolute Gasteiger partial charge is 0.357 e. The second-order valence-electron chi connectivity index (χ2n) is 10.2. The van der Waals surface area contributed by atoms with Gasteiger partial charge in [0, 0.05) is 58.3 Å². The molecular weight excluding hydrogens is 525 g/mol. The van der Waals surface area contributed by atoms with Crippen LogP contribution in [0, 0.1) is 11.8 Å². The molecule has 2 aliphatic heterocycles. The molecule has 2 bridgehead atoms. The average molecular weight is 566 g/mol. The number of hydrogen-bond donors (Lipinski definition) is 1. The zero-order valence-corrected chi connectivity index (χ0v) is 22.4. The fourth-order valence-corrected chi connectivity index (χ4v) is 6.43. The molecule has 1 aromatic carbocycles. The molecule has 3 unspecified atom stereocenters. The zero-order valence-electron chi connectivity index (χ0n) is 20.0. The summed E-state index contributed by atoms with van der Waals surface area (Å²) in [6, 6.07) is 9.43. The molecule has 0 aromatic heterocycles. The van der Waals surface area contributed by atoms with Crippen LogP contribution >= 0.6 is 24.0 Å². The Balaban J connectivity index is 0.00000259. The Hall–Kier alpha value is -1.35. The lowest BCUT2D eigenvalue weighted by Crippen LogP contribution is -2.55. The molecule has 182 valence electrons. The van der Waals surface area contributed by atoms with E-state index in [0.717, 1.165) is 76.1 Å². The molecule has 7 heteroatoms. The van der Waals surface area contributed by atoms with Crippen LogP contribution in [0.3, 0.4) is 0 Å². The van der Waals surface area contributed by atoms with Crippen LogP contribution in [0.1, 0.15) is 56.6 Å². The Bertz CT molecular complexity index is 838. The zero-order chi connectivity index (χ0) is 21.9. The van der Waals surface area contributed by atoms with Gasteiger partial charge in [-0.2, -0.15) is 0 Å². The smallest absolute Gasteiger partial charge is 0.222 e. The van der Waals surface area contributed by atoms with Crippen LogP contribution in [0.25, 0.3) is 0 Å². The number of guanidine groups is 1. The van der Waals surface area contributed by atoms with Gasteiger partial charge in [-0.3, -0.25) is 9.69 Å². The van der Waals surface area contributed by atoms with Gasteiger partial charge in [0.2, 0.25) is 5.91 Å². The Labute approximate surface area is 216 Å². The monoisotopic (exact) mass is 565 g/mol. The topological polar surface area (TPSA) is 51.2 Å². The molecule has 1 amide bonds. The summed E-state index contributed by atoms with van der Waals surface area (Å²) in [5.74, 6) is 3.31. The Morgan fingerprint density at radius 2 is 1.91 bits per heavy atom. The Morgan fingerprint density at radius 3 is 2.58 bits per heavy atom. The quantitative estimate of drug-likeness (QED) is 0.325. The molecule has 0 radical (unpaired) electrons. The fourth-order valence-electron chi connectivity index (χ4n) is 6.43. The standard InChI is InChI=1S/C26H39N5O.HI/c1-2-27-26(30-13-11-29(12-14-30)24-17-20-8-9-23(24)16-20)28-18-21-5-3-6-22(15-21)19-31-10-4-7-25(31)32;/h3,5-6,15,20,23-24H,2,4,7-14,16-19H2,1H3,(H,27,28);1H. The van der Waals surface area contributed by atoms with E-state index in [-0.39, 0.29) is 29.9 Å². The molecule has 2 aliphatic carbocycles. The van der Waals surface area contributed by atoms with E-state index < -0.39 is 0 Å². The van der Waals surface area contributed by atoms with Crippen molar-refractivity contribution < 1.29 is 4.79 Å². The van der Waals surface area contributed by atoms with Gasteiger partial charge in [0.15, 0.2) is 5.96 Å². The van der Waals surface area contributed by atoms with Crippen molar-refractivity contribution in [2.45, 2.75) is 64.6 Å². The van der Waals surface area contributed by atoms with Crippen molar-refractivity contribution in [3.05, 3.63) is 35.4 Å². The number of benzene rings is 1. The number of carbonyl (C=O) groups excluding carboxylic acids is 1. The summed E-state index contributed by atoms with van der Waals surface area (Å²) < 4.78 is 0. The third kappa shape index (κ3) is 5.84. The predicted octanol–water partition coefficient (Wildman–Crippen LogP) is 3.70. The molecule has 33 heavy (non-hydrogen) atoms. The molecule has 1 aromatic rings. The molecule has 1 N–H and O–H groups in total.